The maximum Gasteiger partial charge on any atom is 0.279 e. The highest BCUT2D eigenvalue weighted by molar-refractivity contribution is 8.01. The second-order valence-electron chi connectivity index (χ2n) is 6.49. The van der Waals surface area contributed by atoms with E-state index in [4.69, 9.17) is 10.3 Å². The number of hydrogen-bond acceptors (Lipinski definition) is 9. The molecule has 2 heterocycles. The number of anilines is 2. The molecular weight excluding hydrogens is 428 g/mol. The van der Waals surface area contributed by atoms with E-state index < -0.39 is 11.8 Å². The van der Waals surface area contributed by atoms with Crippen molar-refractivity contribution in [3.05, 3.63) is 47.3 Å². The minimum atomic E-state index is -0.533. The molecule has 10 nitrogen and oxygen atoms in total. The molecular formula is C18H16N6O4S2. The summed E-state index contributed by atoms with van der Waals surface area (Å²) in [6.07, 6.45) is 2.11. The van der Waals surface area contributed by atoms with E-state index in [9.17, 15) is 14.4 Å². The number of nitrogens with zero attached hydrogens (tertiary/aromatic N) is 3. The van der Waals surface area contributed by atoms with Gasteiger partial charge in [0.1, 0.15) is 5.76 Å². The summed E-state index contributed by atoms with van der Waals surface area (Å²) < 4.78 is 5.70. The van der Waals surface area contributed by atoms with E-state index in [-0.39, 0.29) is 17.4 Å². The fourth-order valence-electron chi connectivity index (χ4n) is 2.48. The first kappa shape index (κ1) is 20.0. The van der Waals surface area contributed by atoms with Gasteiger partial charge >= 0.3 is 0 Å². The second-order valence-corrected chi connectivity index (χ2v) is 8.69. The van der Waals surface area contributed by atoms with Crippen LogP contribution in [0.15, 0.2) is 39.2 Å². The zero-order valence-corrected chi connectivity index (χ0v) is 17.1. The van der Waals surface area contributed by atoms with E-state index in [1.54, 1.807) is 18.2 Å². The Labute approximate surface area is 178 Å². The predicted molar refractivity (Wildman–Crippen MR) is 111 cm³/mol. The van der Waals surface area contributed by atoms with Gasteiger partial charge in [-0.05, 0) is 37.1 Å². The number of hydrogen-bond donors (Lipinski definition) is 3. The van der Waals surface area contributed by atoms with Gasteiger partial charge in [0.2, 0.25) is 16.9 Å². The fraction of sp³-hybridized carbons (Fsp3) is 0.222. The molecule has 3 amide bonds. The van der Waals surface area contributed by atoms with Crippen LogP contribution in [0.5, 0.6) is 0 Å². The number of carbonyl (C=O) groups is 3. The summed E-state index contributed by atoms with van der Waals surface area (Å²) in [6.45, 7) is 0. The maximum atomic E-state index is 12.2. The van der Waals surface area contributed by atoms with Crippen LogP contribution in [-0.2, 0) is 4.79 Å². The smallest absolute Gasteiger partial charge is 0.279 e. The summed E-state index contributed by atoms with van der Waals surface area (Å²) in [5.74, 6) is 0.00124. The average Bonchev–Trinajstić information content (AvgIpc) is 3.28. The van der Waals surface area contributed by atoms with Crippen molar-refractivity contribution in [3.63, 3.8) is 0 Å². The Morgan fingerprint density at radius 3 is 2.63 bits per heavy atom. The van der Waals surface area contributed by atoms with E-state index in [2.05, 4.69) is 26.0 Å². The first-order chi connectivity index (χ1) is 14.5. The van der Waals surface area contributed by atoms with Crippen LogP contribution in [0.2, 0.25) is 0 Å². The molecule has 0 unspecified atom stereocenters. The van der Waals surface area contributed by atoms with Crippen LogP contribution in [0.3, 0.4) is 0 Å². The Bertz CT molecular complexity index is 1090. The number of primary amides is 1. The van der Waals surface area contributed by atoms with Crippen molar-refractivity contribution < 1.29 is 18.9 Å². The van der Waals surface area contributed by atoms with Crippen molar-refractivity contribution in [3.8, 4) is 0 Å². The minimum Gasteiger partial charge on any atom is -0.366 e. The maximum absolute atomic E-state index is 12.2. The molecule has 1 fully saturated rings. The van der Waals surface area contributed by atoms with Crippen molar-refractivity contribution >= 4 is 51.6 Å². The largest absolute Gasteiger partial charge is 0.366 e. The highest BCUT2D eigenvalue weighted by atomic mass is 32.2. The Morgan fingerprint density at radius 2 is 1.93 bits per heavy atom. The van der Waals surface area contributed by atoms with Crippen molar-refractivity contribution in [2.75, 3.05) is 16.4 Å². The summed E-state index contributed by atoms with van der Waals surface area (Å²) in [5.41, 5.74) is 6.29. The molecule has 1 aliphatic rings. The molecule has 0 atom stereocenters. The van der Waals surface area contributed by atoms with Crippen LogP contribution in [0.4, 0.5) is 10.8 Å². The zero-order chi connectivity index (χ0) is 21.1. The summed E-state index contributed by atoms with van der Waals surface area (Å²) in [4.78, 5) is 35.4. The molecule has 4 rings (SSSR count). The summed E-state index contributed by atoms with van der Waals surface area (Å²) in [6, 6.07) is 7.91. The van der Waals surface area contributed by atoms with Gasteiger partial charge in [-0.15, -0.1) is 10.2 Å². The standard InChI is InChI=1S/C18H16N6O4S2/c19-15(26)10-3-5-11(6-4-10)20-14(25)8-29-18-23-22-17(30-18)21-16(27)12-7-13(28-24-12)9-1-2-9/h3-7,9H,1-2,8H2,(H2,19,26)(H,20,25)(H,21,22,27). The molecule has 0 aliphatic heterocycles. The molecule has 154 valence electrons. The van der Waals surface area contributed by atoms with E-state index in [1.807, 2.05) is 0 Å². The molecule has 1 aromatic carbocycles. The van der Waals surface area contributed by atoms with E-state index in [0.717, 1.165) is 29.9 Å². The number of nitrogens with two attached hydrogens (primary N) is 1. The van der Waals surface area contributed by atoms with Crippen molar-refractivity contribution in [1.29, 1.82) is 0 Å². The molecule has 2 aromatic heterocycles. The summed E-state index contributed by atoms with van der Waals surface area (Å²) in [7, 11) is 0. The third kappa shape index (κ3) is 5.02. The van der Waals surface area contributed by atoms with Gasteiger partial charge in [0.05, 0.1) is 5.75 Å². The van der Waals surface area contributed by atoms with Crippen molar-refractivity contribution in [1.82, 2.24) is 15.4 Å². The van der Waals surface area contributed by atoms with Crippen LogP contribution in [0.25, 0.3) is 0 Å². The van der Waals surface area contributed by atoms with E-state index >= 15 is 0 Å². The van der Waals surface area contributed by atoms with Gasteiger partial charge in [-0.25, -0.2) is 0 Å². The second kappa shape index (κ2) is 8.63. The quantitative estimate of drug-likeness (QED) is 0.354. The number of aromatic nitrogens is 3. The normalized spacial score (nSPS) is 13.1. The molecule has 0 radical (unpaired) electrons. The van der Waals surface area contributed by atoms with Crippen molar-refractivity contribution in [2.24, 2.45) is 5.73 Å². The highest BCUT2D eigenvalue weighted by Gasteiger charge is 2.29. The Hall–Kier alpha value is -3.25. The molecule has 0 saturated heterocycles. The first-order valence-corrected chi connectivity index (χ1v) is 10.7. The lowest BCUT2D eigenvalue weighted by molar-refractivity contribution is -0.113. The van der Waals surface area contributed by atoms with Gasteiger partial charge in [-0.2, -0.15) is 0 Å². The lowest BCUT2D eigenvalue weighted by atomic mass is 10.2. The number of thioether (sulfide) groups is 1. The minimum absolute atomic E-state index is 0.105. The molecule has 3 aromatic rings. The van der Waals surface area contributed by atoms with Gasteiger partial charge in [0, 0.05) is 23.2 Å². The number of benzene rings is 1. The third-order valence-electron chi connectivity index (χ3n) is 4.15. The van der Waals surface area contributed by atoms with Gasteiger partial charge < -0.3 is 15.6 Å². The Morgan fingerprint density at radius 1 is 1.17 bits per heavy atom. The number of amides is 3. The molecule has 4 N–H and O–H groups in total. The van der Waals surface area contributed by atoms with Gasteiger partial charge in [0.25, 0.3) is 5.91 Å². The van der Waals surface area contributed by atoms with E-state index in [1.165, 1.54) is 23.9 Å². The van der Waals surface area contributed by atoms with Gasteiger partial charge in [-0.3, -0.25) is 19.7 Å². The number of rotatable bonds is 8. The molecule has 0 bridgehead atoms. The topological polar surface area (TPSA) is 153 Å². The fourth-order valence-corrected chi connectivity index (χ4v) is 4.03. The summed E-state index contributed by atoms with van der Waals surface area (Å²) in [5, 5.41) is 17.3. The number of nitrogens with one attached hydrogen (secondary N) is 2. The Kier molecular flexibility index (Phi) is 5.77. The van der Waals surface area contributed by atoms with Crippen LogP contribution >= 0.6 is 23.1 Å². The monoisotopic (exact) mass is 444 g/mol. The van der Waals surface area contributed by atoms with Gasteiger partial charge in [0.15, 0.2) is 10.0 Å². The third-order valence-corrected chi connectivity index (χ3v) is 6.12. The zero-order valence-electron chi connectivity index (χ0n) is 15.5. The van der Waals surface area contributed by atoms with Crippen LogP contribution in [0, 0.1) is 0 Å². The molecule has 0 spiro atoms. The lowest BCUT2D eigenvalue weighted by Gasteiger charge is -2.04. The Balaban J connectivity index is 1.26. The molecule has 30 heavy (non-hydrogen) atoms. The average molecular weight is 444 g/mol. The lowest BCUT2D eigenvalue weighted by Crippen LogP contribution is -2.14. The molecule has 1 saturated carbocycles. The highest BCUT2D eigenvalue weighted by Crippen LogP contribution is 2.40. The van der Waals surface area contributed by atoms with Crippen LogP contribution < -0.4 is 16.4 Å². The predicted octanol–water partition coefficient (Wildman–Crippen LogP) is 2.49. The van der Waals surface area contributed by atoms with E-state index in [0.29, 0.717) is 26.6 Å². The van der Waals surface area contributed by atoms with Crippen LogP contribution in [0.1, 0.15) is 45.4 Å². The van der Waals surface area contributed by atoms with Crippen LogP contribution in [-0.4, -0.2) is 38.8 Å². The summed E-state index contributed by atoms with van der Waals surface area (Å²) >= 11 is 2.34. The first-order valence-electron chi connectivity index (χ1n) is 8.92. The van der Waals surface area contributed by atoms with Crippen molar-refractivity contribution in [2.45, 2.75) is 23.1 Å². The molecule has 12 heteroatoms. The SMILES string of the molecule is NC(=O)c1ccc(NC(=O)CSc2nnc(NC(=O)c3cc(C4CC4)on3)s2)cc1. The molecule has 1 aliphatic carbocycles. The van der Waals surface area contributed by atoms with Gasteiger partial charge in [-0.1, -0.05) is 28.3 Å². The number of carbonyl (C=O) groups excluding carboxylic acids is 3.